The number of fused-ring (bicyclic) bond motifs is 1. The van der Waals surface area contributed by atoms with Crippen LogP contribution in [-0.2, 0) is 22.4 Å². The summed E-state index contributed by atoms with van der Waals surface area (Å²) < 4.78 is 23.1. The van der Waals surface area contributed by atoms with Crippen LogP contribution < -0.4 is 4.74 Å². The Morgan fingerprint density at radius 2 is 1.94 bits per heavy atom. The van der Waals surface area contributed by atoms with Crippen LogP contribution in [0.3, 0.4) is 0 Å². The smallest absolute Gasteiger partial charge is 0.410 e. The third kappa shape index (κ3) is 6.88. The molecule has 2 saturated heterocycles. The van der Waals surface area contributed by atoms with Crippen LogP contribution >= 0.6 is 0 Å². The number of carbonyl (C=O) groups excluding carboxylic acids is 1. The first-order valence-electron chi connectivity index (χ1n) is 12.9. The van der Waals surface area contributed by atoms with Gasteiger partial charge in [0, 0.05) is 37.5 Å². The first-order valence-corrected chi connectivity index (χ1v) is 12.9. The third-order valence-corrected chi connectivity index (χ3v) is 6.80. The van der Waals surface area contributed by atoms with Gasteiger partial charge >= 0.3 is 6.09 Å². The van der Waals surface area contributed by atoms with Crippen molar-refractivity contribution in [1.29, 1.82) is 0 Å². The molecule has 0 bridgehead atoms. The lowest BCUT2D eigenvalue weighted by Gasteiger charge is -2.33. The summed E-state index contributed by atoms with van der Waals surface area (Å²) in [5, 5.41) is 5.53. The maximum atomic E-state index is 12.3. The van der Waals surface area contributed by atoms with E-state index < -0.39 is 5.60 Å². The Morgan fingerprint density at radius 1 is 1.17 bits per heavy atom. The molecule has 1 aromatic heterocycles. The fourth-order valence-corrected chi connectivity index (χ4v) is 4.87. The summed E-state index contributed by atoms with van der Waals surface area (Å²) in [4.78, 5) is 16.3. The van der Waals surface area contributed by atoms with E-state index in [0.29, 0.717) is 18.4 Å². The van der Waals surface area contributed by atoms with E-state index in [-0.39, 0.29) is 6.09 Å². The summed E-state index contributed by atoms with van der Waals surface area (Å²) in [6.45, 7) is 10.2. The van der Waals surface area contributed by atoms with Crippen LogP contribution in [0.4, 0.5) is 4.79 Å². The van der Waals surface area contributed by atoms with Crippen molar-refractivity contribution in [3.8, 4) is 5.75 Å². The van der Waals surface area contributed by atoms with Gasteiger partial charge in [-0.05, 0) is 85.0 Å². The highest BCUT2D eigenvalue weighted by Gasteiger charge is 2.27. The zero-order chi connectivity index (χ0) is 25.0. The van der Waals surface area contributed by atoms with Crippen molar-refractivity contribution in [3.05, 3.63) is 23.4 Å². The molecule has 0 spiro atoms. The van der Waals surface area contributed by atoms with E-state index in [9.17, 15) is 4.79 Å². The van der Waals surface area contributed by atoms with E-state index in [1.165, 1.54) is 0 Å². The topological polar surface area (TPSA) is 77.3 Å². The van der Waals surface area contributed by atoms with Crippen molar-refractivity contribution in [3.63, 3.8) is 0 Å². The second-order valence-electron chi connectivity index (χ2n) is 11.3. The standard InChI is InChI=1S/C27H41N3O5/c1-27(2,3)34-26(31)30-13-10-19(11-14-30)6-8-23-21-7-9-24(33-18-20-12-15-32-17-20)22(16-29(4)5)25(21)35-28-23/h7,9,19-20H,6,8,10-18H2,1-5H3. The number of aryl methyl sites for hydroxylation is 1. The fourth-order valence-electron chi connectivity index (χ4n) is 4.87. The second-order valence-corrected chi connectivity index (χ2v) is 11.3. The first kappa shape index (κ1) is 25.8. The molecule has 8 heteroatoms. The van der Waals surface area contributed by atoms with Crippen LogP contribution in [0.15, 0.2) is 16.7 Å². The van der Waals surface area contributed by atoms with Gasteiger partial charge in [-0.25, -0.2) is 4.79 Å². The number of rotatable bonds is 8. The number of ether oxygens (including phenoxy) is 3. The Morgan fingerprint density at radius 3 is 2.60 bits per heavy atom. The molecule has 1 unspecified atom stereocenters. The maximum Gasteiger partial charge on any atom is 0.410 e. The Kier molecular flexibility index (Phi) is 8.22. The van der Waals surface area contributed by atoms with Gasteiger partial charge in [-0.2, -0.15) is 0 Å². The zero-order valence-corrected chi connectivity index (χ0v) is 22.0. The van der Waals surface area contributed by atoms with Gasteiger partial charge in [-0.3, -0.25) is 0 Å². The number of likely N-dealkylation sites (tertiary alicyclic amines) is 1. The van der Waals surface area contributed by atoms with E-state index in [2.05, 4.69) is 22.2 Å². The molecule has 8 nitrogen and oxygen atoms in total. The van der Waals surface area contributed by atoms with Crippen LogP contribution in [0, 0.1) is 11.8 Å². The molecule has 4 rings (SSSR count). The van der Waals surface area contributed by atoms with Crippen molar-refractivity contribution < 1.29 is 23.5 Å². The van der Waals surface area contributed by atoms with E-state index in [1.807, 2.05) is 39.8 Å². The minimum absolute atomic E-state index is 0.203. The van der Waals surface area contributed by atoms with E-state index in [1.54, 1.807) is 0 Å². The SMILES string of the molecule is CN(C)Cc1c(OCC2CCOC2)ccc2c(CCC3CCN(C(=O)OC(C)(C)C)CC3)noc12. The Hall–Kier alpha value is -2.32. The Balaban J connectivity index is 1.37. The molecule has 0 N–H and O–H groups in total. The summed E-state index contributed by atoms with van der Waals surface area (Å²) in [5.41, 5.74) is 2.43. The lowest BCUT2D eigenvalue weighted by molar-refractivity contribution is 0.0181. The molecule has 194 valence electrons. The summed E-state index contributed by atoms with van der Waals surface area (Å²) in [6.07, 6.45) is 4.73. The number of hydrogen-bond donors (Lipinski definition) is 0. The minimum atomic E-state index is -0.455. The van der Waals surface area contributed by atoms with Crippen LogP contribution in [0.1, 0.15) is 57.7 Å². The van der Waals surface area contributed by atoms with Gasteiger partial charge in [0.1, 0.15) is 11.4 Å². The van der Waals surface area contributed by atoms with E-state index >= 15 is 0 Å². The van der Waals surface area contributed by atoms with Crippen LogP contribution in [0.2, 0.25) is 0 Å². The molecule has 3 heterocycles. The molecule has 0 aliphatic carbocycles. The number of nitrogens with zero attached hydrogens (tertiary/aromatic N) is 3. The number of hydrogen-bond acceptors (Lipinski definition) is 7. The van der Waals surface area contributed by atoms with Gasteiger partial charge in [-0.1, -0.05) is 5.16 Å². The van der Waals surface area contributed by atoms with E-state index in [0.717, 1.165) is 92.9 Å². The predicted molar refractivity (Wildman–Crippen MR) is 135 cm³/mol. The van der Waals surface area contributed by atoms with Crippen LogP contribution in [0.25, 0.3) is 11.0 Å². The summed E-state index contributed by atoms with van der Waals surface area (Å²) in [6, 6.07) is 4.16. The van der Waals surface area contributed by atoms with Gasteiger partial charge in [0.25, 0.3) is 0 Å². The first-order chi connectivity index (χ1) is 16.7. The van der Waals surface area contributed by atoms with Gasteiger partial charge in [-0.15, -0.1) is 0 Å². The summed E-state index contributed by atoms with van der Waals surface area (Å²) in [7, 11) is 4.10. The van der Waals surface area contributed by atoms with Crippen LogP contribution in [0.5, 0.6) is 5.75 Å². The van der Waals surface area contributed by atoms with Crippen molar-refractivity contribution in [1.82, 2.24) is 15.0 Å². The quantitative estimate of drug-likeness (QED) is 0.525. The second kappa shape index (κ2) is 11.2. The predicted octanol–water partition coefficient (Wildman–Crippen LogP) is 4.88. The van der Waals surface area contributed by atoms with Crippen LogP contribution in [-0.4, -0.2) is 73.7 Å². The van der Waals surface area contributed by atoms with Gasteiger partial charge in [0.05, 0.1) is 24.5 Å². The zero-order valence-electron chi connectivity index (χ0n) is 22.0. The molecule has 1 aromatic carbocycles. The third-order valence-electron chi connectivity index (χ3n) is 6.80. The van der Waals surface area contributed by atoms with Crippen molar-refractivity contribution in [2.24, 2.45) is 11.8 Å². The van der Waals surface area contributed by atoms with Crippen molar-refractivity contribution in [2.45, 2.75) is 65.0 Å². The molecule has 0 radical (unpaired) electrons. The molecule has 35 heavy (non-hydrogen) atoms. The molecular weight excluding hydrogens is 446 g/mol. The van der Waals surface area contributed by atoms with E-state index in [4.69, 9.17) is 18.7 Å². The molecule has 2 aliphatic heterocycles. The summed E-state index contributed by atoms with van der Waals surface area (Å²) in [5.74, 6) is 1.89. The molecule has 2 aliphatic rings. The molecule has 1 amide bonds. The fraction of sp³-hybridized carbons (Fsp3) is 0.704. The highest BCUT2D eigenvalue weighted by molar-refractivity contribution is 5.84. The highest BCUT2D eigenvalue weighted by atomic mass is 16.6. The minimum Gasteiger partial charge on any atom is -0.493 e. The Bertz CT molecular complexity index is 983. The lowest BCUT2D eigenvalue weighted by Crippen LogP contribution is -2.41. The Labute approximate surface area is 208 Å². The van der Waals surface area contributed by atoms with Gasteiger partial charge in [0.2, 0.25) is 0 Å². The average Bonchev–Trinajstić information content (AvgIpc) is 3.46. The molecule has 2 aromatic rings. The number of carbonyl (C=O) groups is 1. The maximum absolute atomic E-state index is 12.3. The monoisotopic (exact) mass is 487 g/mol. The average molecular weight is 488 g/mol. The van der Waals surface area contributed by atoms with Gasteiger partial charge < -0.3 is 28.5 Å². The molecule has 1 atom stereocenters. The van der Waals surface area contributed by atoms with Gasteiger partial charge in [0.15, 0.2) is 5.58 Å². The molecule has 2 fully saturated rings. The van der Waals surface area contributed by atoms with Crippen molar-refractivity contribution >= 4 is 17.1 Å². The molecular formula is C27H41N3O5. The van der Waals surface area contributed by atoms with Crippen molar-refractivity contribution in [2.75, 3.05) is 47.0 Å². The number of amides is 1. The molecule has 0 saturated carbocycles. The highest BCUT2D eigenvalue weighted by Crippen LogP contribution is 2.33. The largest absolute Gasteiger partial charge is 0.493 e. The summed E-state index contributed by atoms with van der Waals surface area (Å²) >= 11 is 0. The number of piperidine rings is 1. The number of aromatic nitrogens is 1. The lowest BCUT2D eigenvalue weighted by atomic mass is 9.91. The normalized spacial score (nSPS) is 19.6. The number of benzene rings is 1.